The second kappa shape index (κ2) is 7.92. The molecule has 0 atom stereocenters. The fourth-order valence-electron chi connectivity index (χ4n) is 2.30. The largest absolute Gasteiger partial charge is 0.314 e. The van der Waals surface area contributed by atoms with Gasteiger partial charge in [0.2, 0.25) is 10.0 Å². The van der Waals surface area contributed by atoms with Crippen LogP contribution in [0.1, 0.15) is 36.8 Å². The molecule has 0 saturated heterocycles. The molecule has 0 aliphatic heterocycles. The monoisotopic (exact) mass is 310 g/mol. The summed E-state index contributed by atoms with van der Waals surface area (Å²) in [7, 11) is -3.12. The van der Waals surface area contributed by atoms with Crippen molar-refractivity contribution in [3.05, 3.63) is 35.4 Å². The maximum Gasteiger partial charge on any atom is 0.211 e. The molecule has 0 unspecified atom stereocenters. The Hall–Kier alpha value is -0.910. The fraction of sp³-hybridized carbons (Fsp3) is 0.625. The summed E-state index contributed by atoms with van der Waals surface area (Å²) in [6, 6.07) is 8.88. The van der Waals surface area contributed by atoms with E-state index in [1.54, 1.807) is 0 Å². The molecule has 0 aromatic heterocycles. The first kappa shape index (κ1) is 16.5. The van der Waals surface area contributed by atoms with Gasteiger partial charge in [0.25, 0.3) is 0 Å². The summed E-state index contributed by atoms with van der Waals surface area (Å²) < 4.78 is 26.4. The zero-order valence-corrected chi connectivity index (χ0v) is 13.6. The number of sulfonamides is 1. The van der Waals surface area contributed by atoms with Gasteiger partial charge in [-0.25, -0.2) is 13.1 Å². The molecule has 0 spiro atoms. The van der Waals surface area contributed by atoms with Gasteiger partial charge < -0.3 is 5.32 Å². The Labute approximate surface area is 128 Å². The minimum atomic E-state index is -3.12. The Morgan fingerprint density at radius 1 is 1.19 bits per heavy atom. The van der Waals surface area contributed by atoms with Gasteiger partial charge in [0, 0.05) is 12.6 Å². The SMILES string of the molecule is Cc1cccc(CCNS(=O)(=O)CCCCNC2CC2)c1. The molecule has 0 heterocycles. The standard InChI is InChI=1S/C16H26N2O2S/c1-14-5-4-6-15(13-14)9-11-18-21(19,20)12-3-2-10-17-16-7-8-16/h4-6,13,16-18H,2-3,7-12H2,1H3. The van der Waals surface area contributed by atoms with E-state index in [1.165, 1.54) is 24.0 Å². The minimum Gasteiger partial charge on any atom is -0.314 e. The molecule has 21 heavy (non-hydrogen) atoms. The maximum atomic E-state index is 11.9. The lowest BCUT2D eigenvalue weighted by atomic mass is 10.1. The van der Waals surface area contributed by atoms with Crippen LogP contribution in [-0.2, 0) is 16.4 Å². The van der Waals surface area contributed by atoms with Crippen molar-refractivity contribution >= 4 is 10.0 Å². The van der Waals surface area contributed by atoms with E-state index in [2.05, 4.69) is 16.1 Å². The maximum absolute atomic E-state index is 11.9. The minimum absolute atomic E-state index is 0.229. The fourth-order valence-corrected chi connectivity index (χ4v) is 3.44. The van der Waals surface area contributed by atoms with Gasteiger partial charge in [0.1, 0.15) is 0 Å². The first-order valence-corrected chi connectivity index (χ1v) is 9.47. The van der Waals surface area contributed by atoms with E-state index in [0.717, 1.165) is 25.8 Å². The molecule has 2 N–H and O–H groups in total. The summed E-state index contributed by atoms with van der Waals surface area (Å²) in [4.78, 5) is 0. The van der Waals surface area contributed by atoms with E-state index in [-0.39, 0.29) is 5.75 Å². The normalized spacial score (nSPS) is 15.3. The average molecular weight is 310 g/mol. The number of hydrogen-bond acceptors (Lipinski definition) is 3. The van der Waals surface area contributed by atoms with Crippen molar-refractivity contribution in [3.63, 3.8) is 0 Å². The molecular weight excluding hydrogens is 284 g/mol. The van der Waals surface area contributed by atoms with E-state index in [1.807, 2.05) is 25.1 Å². The third-order valence-corrected chi connectivity index (χ3v) is 5.14. The molecule has 1 aromatic carbocycles. The summed E-state index contributed by atoms with van der Waals surface area (Å²) in [5.41, 5.74) is 2.38. The average Bonchev–Trinajstić information content (AvgIpc) is 3.22. The van der Waals surface area contributed by atoms with E-state index < -0.39 is 10.0 Å². The van der Waals surface area contributed by atoms with Crippen LogP contribution in [0.5, 0.6) is 0 Å². The predicted octanol–water partition coefficient (Wildman–Crippen LogP) is 1.99. The van der Waals surface area contributed by atoms with Gasteiger partial charge in [0.15, 0.2) is 0 Å². The molecule has 1 aliphatic rings. The quantitative estimate of drug-likeness (QED) is 0.650. The summed E-state index contributed by atoms with van der Waals surface area (Å²) in [6.45, 7) is 3.46. The molecule has 5 heteroatoms. The number of hydrogen-bond donors (Lipinski definition) is 2. The van der Waals surface area contributed by atoms with E-state index >= 15 is 0 Å². The topological polar surface area (TPSA) is 58.2 Å². The zero-order valence-electron chi connectivity index (χ0n) is 12.8. The van der Waals surface area contributed by atoms with E-state index in [4.69, 9.17) is 0 Å². The van der Waals surface area contributed by atoms with Gasteiger partial charge in [-0.05, 0) is 51.1 Å². The Bertz CT molecular complexity index is 539. The number of unbranched alkanes of at least 4 members (excludes halogenated alkanes) is 1. The number of rotatable bonds is 10. The van der Waals surface area contributed by atoms with Crippen molar-refractivity contribution in [3.8, 4) is 0 Å². The summed E-state index contributed by atoms with van der Waals surface area (Å²) in [5.74, 6) is 0.229. The summed E-state index contributed by atoms with van der Waals surface area (Å²) in [6.07, 6.45) is 4.94. The summed E-state index contributed by atoms with van der Waals surface area (Å²) in [5, 5.41) is 3.40. The van der Waals surface area contributed by atoms with Crippen molar-refractivity contribution in [1.29, 1.82) is 0 Å². The van der Waals surface area contributed by atoms with Crippen LogP contribution in [0.25, 0.3) is 0 Å². The Kier molecular flexibility index (Phi) is 6.21. The molecular formula is C16H26N2O2S. The number of benzene rings is 1. The van der Waals surface area contributed by atoms with Crippen LogP contribution in [0.4, 0.5) is 0 Å². The van der Waals surface area contributed by atoms with Crippen LogP contribution in [0.2, 0.25) is 0 Å². The molecule has 1 aromatic rings. The Morgan fingerprint density at radius 2 is 2.00 bits per heavy atom. The number of nitrogens with one attached hydrogen (secondary N) is 2. The third-order valence-electron chi connectivity index (χ3n) is 3.67. The van der Waals surface area contributed by atoms with Crippen molar-refractivity contribution in [2.75, 3.05) is 18.8 Å². The Morgan fingerprint density at radius 3 is 2.71 bits per heavy atom. The van der Waals surface area contributed by atoms with E-state index in [0.29, 0.717) is 12.6 Å². The molecule has 0 amide bonds. The first-order chi connectivity index (χ1) is 10.1. The van der Waals surface area contributed by atoms with Crippen molar-refractivity contribution in [2.45, 2.75) is 45.1 Å². The highest BCUT2D eigenvalue weighted by Crippen LogP contribution is 2.18. The summed E-state index contributed by atoms with van der Waals surface area (Å²) >= 11 is 0. The van der Waals surface area contributed by atoms with Crippen molar-refractivity contribution in [1.82, 2.24) is 10.0 Å². The molecule has 1 saturated carbocycles. The van der Waals surface area contributed by atoms with Crippen molar-refractivity contribution in [2.24, 2.45) is 0 Å². The van der Waals surface area contributed by atoms with Crippen LogP contribution in [0.3, 0.4) is 0 Å². The molecule has 1 fully saturated rings. The molecule has 118 valence electrons. The third kappa shape index (κ3) is 7.07. The predicted molar refractivity (Wildman–Crippen MR) is 86.9 cm³/mol. The molecule has 1 aliphatic carbocycles. The second-order valence-corrected chi connectivity index (χ2v) is 7.81. The molecule has 4 nitrogen and oxygen atoms in total. The lowest BCUT2D eigenvalue weighted by Gasteiger charge is -2.07. The van der Waals surface area contributed by atoms with Crippen LogP contribution < -0.4 is 10.0 Å². The highest BCUT2D eigenvalue weighted by Gasteiger charge is 2.19. The lowest BCUT2D eigenvalue weighted by Crippen LogP contribution is -2.29. The van der Waals surface area contributed by atoms with Gasteiger partial charge in [-0.3, -0.25) is 0 Å². The lowest BCUT2D eigenvalue weighted by molar-refractivity contribution is 0.573. The van der Waals surface area contributed by atoms with Gasteiger partial charge >= 0.3 is 0 Å². The van der Waals surface area contributed by atoms with Crippen LogP contribution in [-0.4, -0.2) is 33.3 Å². The smallest absolute Gasteiger partial charge is 0.211 e. The zero-order chi connectivity index (χ0) is 15.1. The van der Waals surface area contributed by atoms with Crippen LogP contribution in [0, 0.1) is 6.92 Å². The Balaban J connectivity index is 1.59. The molecule has 2 rings (SSSR count). The van der Waals surface area contributed by atoms with Gasteiger partial charge in [-0.2, -0.15) is 0 Å². The van der Waals surface area contributed by atoms with E-state index in [9.17, 15) is 8.42 Å². The highest BCUT2D eigenvalue weighted by atomic mass is 32.2. The molecule has 0 bridgehead atoms. The number of aryl methyl sites for hydroxylation is 1. The van der Waals surface area contributed by atoms with Gasteiger partial charge in [-0.15, -0.1) is 0 Å². The first-order valence-electron chi connectivity index (χ1n) is 7.81. The highest BCUT2D eigenvalue weighted by molar-refractivity contribution is 7.89. The van der Waals surface area contributed by atoms with Crippen molar-refractivity contribution < 1.29 is 8.42 Å². The molecule has 0 radical (unpaired) electrons. The van der Waals surface area contributed by atoms with Gasteiger partial charge in [0.05, 0.1) is 5.75 Å². The van der Waals surface area contributed by atoms with Gasteiger partial charge in [-0.1, -0.05) is 29.8 Å². The van der Waals surface area contributed by atoms with Crippen LogP contribution >= 0.6 is 0 Å². The second-order valence-electron chi connectivity index (χ2n) is 5.89. The van der Waals surface area contributed by atoms with Crippen LogP contribution in [0.15, 0.2) is 24.3 Å².